The molecule has 1 aromatic rings. The number of rotatable bonds is 2. The van der Waals surface area contributed by atoms with E-state index in [0.29, 0.717) is 11.5 Å². The fourth-order valence-corrected chi connectivity index (χ4v) is 10.6. The molecular weight excluding hydrogens is 418 g/mol. The van der Waals surface area contributed by atoms with Gasteiger partial charge in [-0.05, 0) is 51.6 Å². The lowest BCUT2D eigenvalue weighted by atomic mass is 9.79. The number of aldehydes is 1. The normalized spacial score (nSPS) is 38.6. The summed E-state index contributed by atoms with van der Waals surface area (Å²) in [7, 11) is 1.87. The van der Waals surface area contributed by atoms with Crippen molar-refractivity contribution in [2.45, 2.75) is 36.1 Å². The minimum atomic E-state index is -1.07. The number of nitrogens with zero attached hydrogens (tertiary/aromatic N) is 2. The lowest BCUT2D eigenvalue weighted by Crippen LogP contribution is -2.49. The minimum Gasteiger partial charge on any atom is -0.454 e. The summed E-state index contributed by atoms with van der Waals surface area (Å²) in [5, 5.41) is 13.5. The Morgan fingerprint density at radius 1 is 1.43 bits per heavy atom. The first kappa shape index (κ1) is 19.5. The van der Waals surface area contributed by atoms with Crippen LogP contribution in [0.5, 0.6) is 11.5 Å². The van der Waals surface area contributed by atoms with Crippen LogP contribution in [0, 0.1) is 16.7 Å². The van der Waals surface area contributed by atoms with E-state index in [4.69, 9.17) is 20.7 Å². The zero-order chi connectivity index (χ0) is 20.3. The van der Waals surface area contributed by atoms with Crippen molar-refractivity contribution >= 4 is 41.7 Å². The number of ether oxygens (including phenoxy) is 2. The highest BCUT2D eigenvalue weighted by Crippen LogP contribution is 2.54. The number of fused-ring (bicyclic) bond motifs is 1. The lowest BCUT2D eigenvalue weighted by molar-refractivity contribution is -0.136. The van der Waals surface area contributed by atoms with E-state index in [1.165, 1.54) is 4.90 Å². The Morgan fingerprint density at radius 3 is 2.79 bits per heavy atom. The molecule has 5 atom stereocenters. The van der Waals surface area contributed by atoms with Gasteiger partial charge in [0.15, 0.2) is 22.7 Å². The van der Waals surface area contributed by atoms with Gasteiger partial charge >= 0.3 is 0 Å². The van der Waals surface area contributed by atoms with Gasteiger partial charge in [0.1, 0.15) is 4.87 Å². The zero-order valence-corrected chi connectivity index (χ0v) is 18.0. The van der Waals surface area contributed by atoms with E-state index in [0.717, 1.165) is 20.7 Å². The molecule has 0 saturated carbocycles. The van der Waals surface area contributed by atoms with E-state index < -0.39 is 30.7 Å². The summed E-state index contributed by atoms with van der Waals surface area (Å²) >= 11 is 5.31. The van der Waals surface area contributed by atoms with Crippen LogP contribution in [0.4, 0.5) is 0 Å². The van der Waals surface area contributed by atoms with Crippen LogP contribution in [0.2, 0.25) is 0 Å². The van der Waals surface area contributed by atoms with E-state index in [2.05, 4.69) is 11.4 Å². The Balaban J connectivity index is 1.85. The first-order valence-corrected chi connectivity index (χ1v) is 12.1. The molecule has 0 aromatic heterocycles. The molecule has 2 fully saturated rings. The molecule has 7 nitrogen and oxygen atoms in total. The van der Waals surface area contributed by atoms with Crippen molar-refractivity contribution in [1.82, 2.24) is 10.2 Å². The number of carbonyl (C=O) groups excluding carboxylic acids is 2. The van der Waals surface area contributed by atoms with Crippen molar-refractivity contribution in [3.05, 3.63) is 23.8 Å². The number of likely N-dealkylation sites (N-methyl/N-ethyl adjacent to an activating group) is 1. The van der Waals surface area contributed by atoms with Crippen LogP contribution in [-0.2, 0) is 39.1 Å². The molecule has 3 aliphatic rings. The van der Waals surface area contributed by atoms with Crippen molar-refractivity contribution in [2.75, 3.05) is 13.8 Å². The fourth-order valence-electron chi connectivity index (χ4n) is 4.25. The zero-order valence-electron chi connectivity index (χ0n) is 15.6. The van der Waals surface area contributed by atoms with Gasteiger partial charge in [0, 0.05) is 13.5 Å². The number of benzene rings is 1. The molecule has 2 unspecified atom stereocenters. The van der Waals surface area contributed by atoms with Gasteiger partial charge in [0.25, 0.3) is 5.91 Å². The third kappa shape index (κ3) is 2.37. The maximum atomic E-state index is 13.3. The highest BCUT2D eigenvalue weighted by atomic mass is 33.1. The lowest BCUT2D eigenvalue weighted by Gasteiger charge is -2.27. The molecule has 3 heterocycles. The maximum Gasteiger partial charge on any atom is 0.254 e. The summed E-state index contributed by atoms with van der Waals surface area (Å²) < 4.78 is 10.8. The third-order valence-electron chi connectivity index (χ3n) is 5.91. The van der Waals surface area contributed by atoms with Gasteiger partial charge in [0.05, 0.1) is 17.5 Å². The van der Waals surface area contributed by atoms with Gasteiger partial charge in [-0.3, -0.25) is 14.9 Å². The Labute approximate surface area is 172 Å². The number of hydrogen-bond donors (Lipinski definition) is 1. The molecule has 28 heavy (non-hydrogen) atoms. The number of nitrogens with one attached hydrogen (secondary N) is 1. The van der Waals surface area contributed by atoms with Crippen LogP contribution in [0.25, 0.3) is 0 Å². The van der Waals surface area contributed by atoms with E-state index in [9.17, 15) is 14.9 Å². The Morgan fingerprint density at radius 2 is 2.14 bits per heavy atom. The summed E-state index contributed by atoms with van der Waals surface area (Å²) in [5.74, 6) is 1.07. The Bertz CT molecular complexity index is 1000. The topological polar surface area (TPSA) is 91.7 Å². The van der Waals surface area contributed by atoms with Crippen molar-refractivity contribution in [1.29, 1.82) is 5.26 Å². The van der Waals surface area contributed by atoms with Crippen LogP contribution in [0.15, 0.2) is 18.2 Å². The summed E-state index contributed by atoms with van der Waals surface area (Å²) in [5.41, 5.74) is -0.0347. The Kier molecular flexibility index (Phi) is 4.43. The van der Waals surface area contributed by atoms with Crippen molar-refractivity contribution in [3.8, 4) is 17.6 Å². The molecule has 10 heteroatoms. The molecule has 0 radical (unpaired) electrons. The van der Waals surface area contributed by atoms with Gasteiger partial charge in [-0.15, -0.1) is 0 Å². The van der Waals surface area contributed by atoms with Crippen LogP contribution < -0.4 is 14.8 Å². The van der Waals surface area contributed by atoms with Crippen molar-refractivity contribution in [3.63, 3.8) is 0 Å². The average molecular weight is 438 g/mol. The van der Waals surface area contributed by atoms with Crippen molar-refractivity contribution < 1.29 is 19.1 Å². The van der Waals surface area contributed by atoms with Gasteiger partial charge < -0.3 is 14.4 Å². The maximum absolute atomic E-state index is 13.3. The largest absolute Gasteiger partial charge is 0.454 e. The molecule has 4 rings (SSSR count). The molecule has 148 valence electrons. The number of hydrogen-bond acceptors (Lipinski definition) is 7. The summed E-state index contributed by atoms with van der Waals surface area (Å²) in [6.45, 7) is 3.73. The molecule has 1 N–H and O–H groups in total. The van der Waals surface area contributed by atoms with Gasteiger partial charge in [0.2, 0.25) is 6.79 Å². The van der Waals surface area contributed by atoms with Gasteiger partial charge in [-0.25, -0.2) is 0 Å². The quantitative estimate of drug-likeness (QED) is 0.694. The van der Waals surface area contributed by atoms with Crippen LogP contribution in [-0.4, -0.2) is 40.7 Å². The van der Waals surface area contributed by atoms with E-state index >= 15 is 0 Å². The highest BCUT2D eigenvalue weighted by molar-refractivity contribution is 8.49. The predicted octanol–water partition coefficient (Wildman–Crippen LogP) is 1.14. The van der Waals surface area contributed by atoms with Gasteiger partial charge in [-0.2, -0.15) is 5.26 Å². The predicted molar refractivity (Wildman–Crippen MR) is 109 cm³/mol. The second-order valence-electron chi connectivity index (χ2n) is 7.60. The van der Waals surface area contributed by atoms with E-state index in [1.54, 1.807) is 14.0 Å². The van der Waals surface area contributed by atoms with Gasteiger partial charge in [-0.1, -0.05) is 15.5 Å². The fraction of sp³-hybridized carbons (Fsp3) is 0.500. The summed E-state index contributed by atoms with van der Waals surface area (Å²) in [6, 6.07) is 7.51. The standard InChI is InChI=1S/C18H19N3O4S3/c1-16(8-19)7-18(15(23)21(3)17(2,9-22)28(18)27-26)20-14(16)11-4-5-12-13(6-11)25-10-24-12/h4-6,9,14,20H,7,10H2,1-3H3/t14?,16-,17+,18+,28?/m1/s1. The molecule has 1 aromatic carbocycles. The van der Waals surface area contributed by atoms with E-state index in [-0.39, 0.29) is 19.1 Å². The average Bonchev–Trinajstić information content (AvgIpc) is 3.33. The highest BCUT2D eigenvalue weighted by Gasteiger charge is 2.67. The number of amides is 1. The number of carbonyl (C=O) groups is 2. The smallest absolute Gasteiger partial charge is 0.254 e. The first-order chi connectivity index (χ1) is 13.3. The second-order valence-corrected chi connectivity index (χ2v) is 12.4. The second kappa shape index (κ2) is 6.35. The minimum absolute atomic E-state index is 0.160. The van der Waals surface area contributed by atoms with Crippen LogP contribution >= 0.6 is 0 Å². The molecule has 0 aliphatic carbocycles. The molecule has 2 saturated heterocycles. The van der Waals surface area contributed by atoms with E-state index in [1.807, 2.05) is 25.1 Å². The summed E-state index contributed by atoms with van der Waals surface area (Å²) in [4.78, 5) is 24.7. The molecule has 0 bridgehead atoms. The molecule has 1 amide bonds. The first-order valence-electron chi connectivity index (χ1n) is 8.63. The van der Waals surface area contributed by atoms with Crippen LogP contribution in [0.1, 0.15) is 31.9 Å². The molecular formula is C18H19N3O4S3. The van der Waals surface area contributed by atoms with Crippen molar-refractivity contribution in [2.24, 2.45) is 5.41 Å². The molecule has 3 aliphatic heterocycles. The van der Waals surface area contributed by atoms with Crippen LogP contribution in [0.3, 0.4) is 0 Å². The monoisotopic (exact) mass is 437 g/mol. The SMILES string of the molecule is CN1C(=O)[C@]2(C[C@](C)(C#N)C(c3ccc4c(c3)OCO4)N2)S(=S=S)[C@@]1(C)C=O. The summed E-state index contributed by atoms with van der Waals surface area (Å²) in [6.07, 6.45) is 1.07. The Hall–Kier alpha value is -1.80. The number of nitriles is 1. The molecule has 1 spiro atoms. The third-order valence-corrected chi connectivity index (χ3v) is 11.7.